The van der Waals surface area contributed by atoms with Gasteiger partial charge >= 0.3 is 0 Å². The van der Waals surface area contributed by atoms with E-state index in [9.17, 15) is 0 Å². The van der Waals surface area contributed by atoms with Crippen LogP contribution in [0.15, 0.2) is 36.5 Å². The van der Waals surface area contributed by atoms with Crippen LogP contribution in [0.25, 0.3) is 11.3 Å². The van der Waals surface area contributed by atoms with Crippen molar-refractivity contribution in [2.45, 2.75) is 40.5 Å². The summed E-state index contributed by atoms with van der Waals surface area (Å²) in [4.78, 5) is 0. The second kappa shape index (κ2) is 4.98. The summed E-state index contributed by atoms with van der Waals surface area (Å²) in [5.74, 6) is 0.764. The van der Waals surface area contributed by atoms with E-state index in [0.29, 0.717) is 5.41 Å². The highest BCUT2D eigenvalue weighted by atomic mass is 14.9. The van der Waals surface area contributed by atoms with Crippen molar-refractivity contribution in [2.24, 2.45) is 18.4 Å². The minimum Gasteiger partial charge on any atom is -0.201 e. The lowest BCUT2D eigenvalue weighted by atomic mass is 9.79. The molecule has 1 aromatic carbocycles. The van der Waals surface area contributed by atoms with Gasteiger partial charge in [-0.2, -0.15) is 0 Å². The molecule has 1 heteroatoms. The van der Waals surface area contributed by atoms with E-state index in [2.05, 4.69) is 75.8 Å². The van der Waals surface area contributed by atoms with Crippen molar-refractivity contribution >= 4 is 0 Å². The van der Waals surface area contributed by atoms with Gasteiger partial charge in [0.25, 0.3) is 0 Å². The van der Waals surface area contributed by atoms with Gasteiger partial charge < -0.3 is 0 Å². The molecule has 0 aliphatic heterocycles. The largest absolute Gasteiger partial charge is 0.212 e. The first-order valence-corrected chi connectivity index (χ1v) is 7.93. The van der Waals surface area contributed by atoms with Crippen LogP contribution < -0.4 is 4.57 Å². The van der Waals surface area contributed by atoms with Gasteiger partial charge in [0, 0.05) is 17.2 Å². The highest BCUT2D eigenvalue weighted by Crippen LogP contribution is 2.38. The Balaban J connectivity index is 2.04. The summed E-state index contributed by atoms with van der Waals surface area (Å²) in [7, 11) is 2.17. The summed E-state index contributed by atoms with van der Waals surface area (Å²) in [6.45, 7) is 9.30. The maximum Gasteiger partial charge on any atom is 0.212 e. The average Bonchev–Trinajstić information content (AvgIpc) is 2.81. The Bertz CT molecular complexity index is 677. The van der Waals surface area contributed by atoms with Crippen LogP contribution in [-0.4, -0.2) is 0 Å². The number of aryl methyl sites for hydroxylation is 2. The predicted molar refractivity (Wildman–Crippen MR) is 88.1 cm³/mol. The Morgan fingerprint density at radius 3 is 2.38 bits per heavy atom. The molecule has 0 bridgehead atoms. The van der Waals surface area contributed by atoms with E-state index in [1.807, 2.05) is 0 Å². The lowest BCUT2D eigenvalue weighted by Crippen LogP contribution is -2.31. The molecule has 3 rings (SSSR count). The van der Waals surface area contributed by atoms with Crippen LogP contribution in [0.2, 0.25) is 0 Å². The van der Waals surface area contributed by atoms with E-state index < -0.39 is 0 Å². The third-order valence-corrected chi connectivity index (χ3v) is 5.03. The molecule has 2 aromatic rings. The first kappa shape index (κ1) is 14.3. The van der Waals surface area contributed by atoms with E-state index in [0.717, 1.165) is 5.92 Å². The first-order valence-electron chi connectivity index (χ1n) is 7.93. The maximum atomic E-state index is 2.42. The monoisotopic (exact) mass is 280 g/mol. The quantitative estimate of drug-likeness (QED) is 0.688. The summed E-state index contributed by atoms with van der Waals surface area (Å²) in [5, 5.41) is 0. The van der Waals surface area contributed by atoms with Gasteiger partial charge in [-0.1, -0.05) is 39.0 Å². The van der Waals surface area contributed by atoms with Gasteiger partial charge in [0.2, 0.25) is 5.69 Å². The van der Waals surface area contributed by atoms with E-state index in [1.165, 1.54) is 35.2 Å². The summed E-state index contributed by atoms with van der Waals surface area (Å²) in [6, 6.07) is 11.1. The molecule has 0 amide bonds. The molecule has 1 nitrogen and oxygen atoms in total. The van der Waals surface area contributed by atoms with Gasteiger partial charge in [0.1, 0.15) is 7.05 Å². The molecule has 1 unspecified atom stereocenters. The molecular weight excluding hydrogens is 254 g/mol. The molecule has 1 aliphatic rings. The lowest BCUT2D eigenvalue weighted by Gasteiger charge is -2.26. The van der Waals surface area contributed by atoms with E-state index >= 15 is 0 Å². The summed E-state index contributed by atoms with van der Waals surface area (Å²) < 4.78 is 2.30. The minimum absolute atomic E-state index is 0.389. The number of pyridine rings is 1. The second-order valence-electron chi connectivity index (χ2n) is 7.61. The molecule has 0 saturated carbocycles. The number of nitrogens with zero attached hydrogens (tertiary/aromatic N) is 1. The van der Waals surface area contributed by atoms with Crippen molar-refractivity contribution in [3.05, 3.63) is 53.2 Å². The lowest BCUT2D eigenvalue weighted by molar-refractivity contribution is -0.660. The zero-order valence-electron chi connectivity index (χ0n) is 13.9. The topological polar surface area (TPSA) is 3.88 Å². The molecule has 0 fully saturated rings. The molecule has 0 saturated heterocycles. The minimum atomic E-state index is 0.389. The Hall–Kier alpha value is -1.63. The van der Waals surface area contributed by atoms with Crippen molar-refractivity contribution in [3.63, 3.8) is 0 Å². The van der Waals surface area contributed by atoms with E-state index in [-0.39, 0.29) is 0 Å². The smallest absolute Gasteiger partial charge is 0.201 e. The molecule has 0 radical (unpaired) electrons. The number of fused-ring (bicyclic) bond motifs is 1. The van der Waals surface area contributed by atoms with Crippen LogP contribution in [0, 0.1) is 18.3 Å². The van der Waals surface area contributed by atoms with Gasteiger partial charge in [-0.25, -0.2) is 4.57 Å². The second-order valence-corrected chi connectivity index (χ2v) is 7.61. The van der Waals surface area contributed by atoms with Crippen molar-refractivity contribution in [1.29, 1.82) is 0 Å². The number of aromatic nitrogens is 1. The van der Waals surface area contributed by atoms with Gasteiger partial charge in [0.05, 0.1) is 0 Å². The molecule has 110 valence electrons. The fourth-order valence-electron chi connectivity index (χ4n) is 3.46. The van der Waals surface area contributed by atoms with E-state index in [1.54, 1.807) is 5.56 Å². The van der Waals surface area contributed by atoms with Crippen LogP contribution in [0.1, 0.15) is 37.5 Å². The highest BCUT2D eigenvalue weighted by molar-refractivity contribution is 5.62. The van der Waals surface area contributed by atoms with Crippen LogP contribution in [0.3, 0.4) is 0 Å². The van der Waals surface area contributed by atoms with Gasteiger partial charge in [-0.3, -0.25) is 0 Å². The van der Waals surface area contributed by atoms with Crippen molar-refractivity contribution < 1.29 is 4.57 Å². The van der Waals surface area contributed by atoms with Crippen molar-refractivity contribution in [3.8, 4) is 11.3 Å². The van der Waals surface area contributed by atoms with Gasteiger partial charge in [-0.05, 0) is 48.3 Å². The Morgan fingerprint density at radius 1 is 1.05 bits per heavy atom. The molecule has 0 N–H and O–H groups in total. The number of benzene rings is 1. The molecule has 21 heavy (non-hydrogen) atoms. The Labute approximate surface area is 128 Å². The SMILES string of the molecule is Cc1ccccc1-c1cc2c(c[n+]1C)CC(C(C)(C)C)C2. The Kier molecular flexibility index (Phi) is 3.39. The summed E-state index contributed by atoms with van der Waals surface area (Å²) in [5.41, 5.74) is 7.50. The van der Waals surface area contributed by atoms with Crippen LogP contribution in [0.5, 0.6) is 0 Å². The maximum absolute atomic E-state index is 2.42. The third kappa shape index (κ3) is 2.62. The predicted octanol–water partition coefficient (Wildman–Crippen LogP) is 4.25. The normalized spacial score (nSPS) is 17.9. The van der Waals surface area contributed by atoms with E-state index in [4.69, 9.17) is 0 Å². The average molecular weight is 280 g/mol. The van der Waals surface area contributed by atoms with Crippen LogP contribution in [0.4, 0.5) is 0 Å². The number of hydrogen-bond donors (Lipinski definition) is 0. The zero-order valence-corrected chi connectivity index (χ0v) is 13.9. The third-order valence-electron chi connectivity index (χ3n) is 5.03. The molecule has 1 aromatic heterocycles. The fourth-order valence-corrected chi connectivity index (χ4v) is 3.46. The Morgan fingerprint density at radius 2 is 1.71 bits per heavy atom. The molecule has 1 atom stereocenters. The molecule has 1 aliphatic carbocycles. The van der Waals surface area contributed by atoms with Crippen molar-refractivity contribution in [2.75, 3.05) is 0 Å². The van der Waals surface area contributed by atoms with Gasteiger partial charge in [0.15, 0.2) is 6.20 Å². The molecule has 1 heterocycles. The fraction of sp³-hybridized carbons (Fsp3) is 0.450. The standard InChI is InChI=1S/C20H26N/c1-14-8-6-7-9-18(14)19-12-15-10-17(20(2,3)4)11-16(15)13-21(19)5/h6-9,12-13,17H,10-11H2,1-5H3/q+1. The van der Waals surface area contributed by atoms with Crippen LogP contribution >= 0.6 is 0 Å². The van der Waals surface area contributed by atoms with Crippen molar-refractivity contribution in [1.82, 2.24) is 0 Å². The first-order chi connectivity index (χ1) is 9.86. The van der Waals surface area contributed by atoms with Crippen LogP contribution in [-0.2, 0) is 19.9 Å². The van der Waals surface area contributed by atoms with Gasteiger partial charge in [-0.15, -0.1) is 0 Å². The summed E-state index contributed by atoms with van der Waals surface area (Å²) in [6.07, 6.45) is 4.79. The zero-order chi connectivity index (χ0) is 15.2. The molecule has 0 spiro atoms. The number of hydrogen-bond acceptors (Lipinski definition) is 0. The highest BCUT2D eigenvalue weighted by Gasteiger charge is 2.33. The number of rotatable bonds is 1. The summed E-state index contributed by atoms with van der Waals surface area (Å²) >= 11 is 0. The molecular formula is C20H26N+.